The Morgan fingerprint density at radius 1 is 1.30 bits per heavy atom. The molecular formula is C17H34N2O. The number of piperazine rings is 1. The first-order chi connectivity index (χ1) is 9.69. The molecule has 0 saturated carbocycles. The SMILES string of the molecule is CCCC1CN(CCC2CCCO2)C(CC(C)C)CN1. The molecule has 1 N–H and O–H groups in total. The molecule has 0 aliphatic carbocycles. The van der Waals surface area contributed by atoms with E-state index in [1.807, 2.05) is 0 Å². The van der Waals surface area contributed by atoms with Gasteiger partial charge in [0.05, 0.1) is 6.10 Å². The summed E-state index contributed by atoms with van der Waals surface area (Å²) in [6, 6.07) is 1.43. The first kappa shape index (κ1) is 16.3. The average molecular weight is 282 g/mol. The third kappa shape index (κ3) is 5.01. The molecule has 2 aliphatic heterocycles. The fourth-order valence-electron chi connectivity index (χ4n) is 3.70. The molecule has 2 saturated heterocycles. The van der Waals surface area contributed by atoms with Gasteiger partial charge in [-0.05, 0) is 38.0 Å². The predicted molar refractivity (Wildman–Crippen MR) is 85.1 cm³/mol. The zero-order chi connectivity index (χ0) is 14.4. The highest BCUT2D eigenvalue weighted by molar-refractivity contribution is 4.87. The van der Waals surface area contributed by atoms with Crippen molar-refractivity contribution >= 4 is 0 Å². The zero-order valence-electron chi connectivity index (χ0n) is 13.7. The molecule has 0 aromatic heterocycles. The van der Waals surface area contributed by atoms with Crippen molar-refractivity contribution in [1.82, 2.24) is 10.2 Å². The summed E-state index contributed by atoms with van der Waals surface area (Å²) >= 11 is 0. The minimum Gasteiger partial charge on any atom is -0.378 e. The van der Waals surface area contributed by atoms with Crippen LogP contribution in [0, 0.1) is 5.92 Å². The van der Waals surface area contributed by atoms with Crippen LogP contribution in [0.25, 0.3) is 0 Å². The monoisotopic (exact) mass is 282 g/mol. The molecule has 0 spiro atoms. The summed E-state index contributed by atoms with van der Waals surface area (Å²) in [5.74, 6) is 0.787. The third-order valence-corrected chi connectivity index (χ3v) is 4.76. The first-order valence-corrected chi connectivity index (χ1v) is 8.78. The van der Waals surface area contributed by atoms with E-state index < -0.39 is 0 Å². The average Bonchev–Trinajstić information content (AvgIpc) is 2.92. The van der Waals surface area contributed by atoms with Gasteiger partial charge in [0.2, 0.25) is 0 Å². The lowest BCUT2D eigenvalue weighted by molar-refractivity contribution is 0.0646. The Balaban J connectivity index is 1.83. The molecule has 0 amide bonds. The van der Waals surface area contributed by atoms with Gasteiger partial charge < -0.3 is 10.1 Å². The Morgan fingerprint density at radius 3 is 2.80 bits per heavy atom. The van der Waals surface area contributed by atoms with Crippen molar-refractivity contribution in [1.29, 1.82) is 0 Å². The molecule has 3 heteroatoms. The van der Waals surface area contributed by atoms with Gasteiger partial charge in [0.25, 0.3) is 0 Å². The first-order valence-electron chi connectivity index (χ1n) is 8.78. The molecule has 0 bridgehead atoms. The van der Waals surface area contributed by atoms with Gasteiger partial charge in [0, 0.05) is 38.3 Å². The highest BCUT2D eigenvalue weighted by atomic mass is 16.5. The Kier molecular flexibility index (Phi) is 6.79. The van der Waals surface area contributed by atoms with Crippen molar-refractivity contribution in [2.24, 2.45) is 5.92 Å². The van der Waals surface area contributed by atoms with Crippen molar-refractivity contribution < 1.29 is 4.74 Å². The standard InChI is InChI=1S/C17H34N2O/c1-4-6-15-13-19(9-8-17-7-5-10-20-17)16(12-18-15)11-14(2)3/h14-18H,4-13H2,1-3H3. The van der Waals surface area contributed by atoms with Gasteiger partial charge in [-0.2, -0.15) is 0 Å². The predicted octanol–water partition coefficient (Wildman–Crippen LogP) is 3.04. The second-order valence-electron chi connectivity index (χ2n) is 7.10. The van der Waals surface area contributed by atoms with E-state index in [1.165, 1.54) is 58.2 Å². The Labute approximate surface area is 125 Å². The fourth-order valence-corrected chi connectivity index (χ4v) is 3.70. The zero-order valence-corrected chi connectivity index (χ0v) is 13.7. The van der Waals surface area contributed by atoms with Crippen LogP contribution in [0.3, 0.4) is 0 Å². The fraction of sp³-hybridized carbons (Fsp3) is 1.00. The maximum atomic E-state index is 5.79. The van der Waals surface area contributed by atoms with Gasteiger partial charge >= 0.3 is 0 Å². The molecule has 20 heavy (non-hydrogen) atoms. The highest BCUT2D eigenvalue weighted by Crippen LogP contribution is 2.20. The lowest BCUT2D eigenvalue weighted by atomic mass is 9.97. The normalized spacial score (nSPS) is 32.1. The van der Waals surface area contributed by atoms with E-state index in [4.69, 9.17) is 4.74 Å². The topological polar surface area (TPSA) is 24.5 Å². The van der Waals surface area contributed by atoms with E-state index in [9.17, 15) is 0 Å². The molecule has 0 aromatic rings. The van der Waals surface area contributed by atoms with Crippen LogP contribution >= 0.6 is 0 Å². The van der Waals surface area contributed by atoms with Gasteiger partial charge in [0.15, 0.2) is 0 Å². The van der Waals surface area contributed by atoms with Crippen molar-refractivity contribution in [2.45, 2.75) is 77.5 Å². The van der Waals surface area contributed by atoms with E-state index in [1.54, 1.807) is 0 Å². The maximum absolute atomic E-state index is 5.79. The van der Waals surface area contributed by atoms with E-state index in [2.05, 4.69) is 31.0 Å². The summed E-state index contributed by atoms with van der Waals surface area (Å²) in [7, 11) is 0. The number of hydrogen-bond acceptors (Lipinski definition) is 3. The van der Waals surface area contributed by atoms with Gasteiger partial charge in [-0.15, -0.1) is 0 Å². The van der Waals surface area contributed by atoms with Gasteiger partial charge in [-0.25, -0.2) is 0 Å². The molecule has 2 aliphatic rings. The lowest BCUT2D eigenvalue weighted by Gasteiger charge is -2.41. The summed E-state index contributed by atoms with van der Waals surface area (Å²) in [4.78, 5) is 2.75. The number of hydrogen-bond donors (Lipinski definition) is 1. The third-order valence-electron chi connectivity index (χ3n) is 4.76. The van der Waals surface area contributed by atoms with Crippen LogP contribution in [0.15, 0.2) is 0 Å². The lowest BCUT2D eigenvalue weighted by Crippen LogP contribution is -2.57. The summed E-state index contributed by atoms with van der Waals surface area (Å²) < 4.78 is 5.79. The van der Waals surface area contributed by atoms with Crippen LogP contribution in [0.4, 0.5) is 0 Å². The molecular weight excluding hydrogens is 248 g/mol. The van der Waals surface area contributed by atoms with E-state index >= 15 is 0 Å². The van der Waals surface area contributed by atoms with Gasteiger partial charge in [0.1, 0.15) is 0 Å². The molecule has 3 nitrogen and oxygen atoms in total. The number of nitrogens with zero attached hydrogens (tertiary/aromatic N) is 1. The molecule has 3 unspecified atom stereocenters. The second-order valence-corrected chi connectivity index (χ2v) is 7.10. The second kappa shape index (κ2) is 8.35. The van der Waals surface area contributed by atoms with Crippen molar-refractivity contribution in [3.8, 4) is 0 Å². The van der Waals surface area contributed by atoms with Crippen molar-refractivity contribution in [3.63, 3.8) is 0 Å². The molecule has 118 valence electrons. The molecule has 0 aromatic carbocycles. The van der Waals surface area contributed by atoms with E-state index in [-0.39, 0.29) is 0 Å². The van der Waals surface area contributed by atoms with Crippen LogP contribution in [-0.4, -0.2) is 49.3 Å². The van der Waals surface area contributed by atoms with Crippen LogP contribution in [-0.2, 0) is 4.74 Å². The summed E-state index contributed by atoms with van der Waals surface area (Å²) in [6.07, 6.45) is 8.22. The molecule has 2 heterocycles. The Bertz CT molecular complexity index is 264. The smallest absolute Gasteiger partial charge is 0.0588 e. The van der Waals surface area contributed by atoms with Crippen LogP contribution in [0.2, 0.25) is 0 Å². The van der Waals surface area contributed by atoms with Crippen molar-refractivity contribution in [3.05, 3.63) is 0 Å². The summed E-state index contributed by atoms with van der Waals surface area (Å²) in [5.41, 5.74) is 0. The highest BCUT2D eigenvalue weighted by Gasteiger charge is 2.28. The van der Waals surface area contributed by atoms with E-state index in [0.717, 1.165) is 18.6 Å². The summed E-state index contributed by atoms with van der Waals surface area (Å²) in [5, 5.41) is 3.76. The maximum Gasteiger partial charge on any atom is 0.0588 e. The van der Waals surface area contributed by atoms with Crippen LogP contribution < -0.4 is 5.32 Å². The van der Waals surface area contributed by atoms with Crippen molar-refractivity contribution in [2.75, 3.05) is 26.2 Å². The quantitative estimate of drug-likeness (QED) is 0.777. The van der Waals surface area contributed by atoms with Crippen LogP contribution in [0.5, 0.6) is 0 Å². The molecule has 2 fully saturated rings. The number of nitrogens with one attached hydrogen (secondary N) is 1. The van der Waals surface area contributed by atoms with Gasteiger partial charge in [-0.1, -0.05) is 27.2 Å². The minimum atomic E-state index is 0.536. The molecule has 3 atom stereocenters. The minimum absolute atomic E-state index is 0.536. The summed E-state index contributed by atoms with van der Waals surface area (Å²) in [6.45, 7) is 11.6. The largest absolute Gasteiger partial charge is 0.378 e. The van der Waals surface area contributed by atoms with Gasteiger partial charge in [-0.3, -0.25) is 4.90 Å². The molecule has 2 rings (SSSR count). The molecule has 0 radical (unpaired) electrons. The van der Waals surface area contributed by atoms with Crippen LogP contribution in [0.1, 0.15) is 59.3 Å². The Morgan fingerprint density at radius 2 is 2.15 bits per heavy atom. The number of rotatable bonds is 7. The van der Waals surface area contributed by atoms with E-state index in [0.29, 0.717) is 12.1 Å². The Hall–Kier alpha value is -0.120. The number of ether oxygens (including phenoxy) is 1.